The van der Waals surface area contributed by atoms with Crippen LogP contribution >= 0.6 is 0 Å². The molecule has 0 saturated heterocycles. The van der Waals surface area contributed by atoms with Gasteiger partial charge in [0.1, 0.15) is 10.5 Å². The van der Waals surface area contributed by atoms with Crippen molar-refractivity contribution in [1.29, 1.82) is 0 Å². The summed E-state index contributed by atoms with van der Waals surface area (Å²) >= 11 is 0. The Morgan fingerprint density at radius 2 is 1.94 bits per heavy atom. The van der Waals surface area contributed by atoms with Crippen molar-refractivity contribution in [3.8, 4) is 0 Å². The Labute approximate surface area is 93.0 Å². The number of hydrogen-bond donors (Lipinski definition) is 0. The lowest BCUT2D eigenvalue weighted by Crippen LogP contribution is -2.10. The molecule has 0 unspecified atom stereocenters. The lowest BCUT2D eigenvalue weighted by atomic mass is 9.86. The van der Waals surface area contributed by atoms with Crippen LogP contribution in [0.15, 0.2) is 28.7 Å². The monoisotopic (exact) mass is 219 g/mol. The fraction of sp³-hybridized carbons (Fsp3) is 0.333. The Morgan fingerprint density at radius 3 is 2.50 bits per heavy atom. The zero-order valence-corrected chi connectivity index (χ0v) is 9.48. The first-order valence-electron chi connectivity index (χ1n) is 5.06. The van der Waals surface area contributed by atoms with Gasteiger partial charge in [0.25, 0.3) is 0 Å². The van der Waals surface area contributed by atoms with Gasteiger partial charge in [-0.1, -0.05) is 26.8 Å². The van der Waals surface area contributed by atoms with Crippen molar-refractivity contribution in [3.63, 3.8) is 0 Å². The molecule has 0 aliphatic carbocycles. The van der Waals surface area contributed by atoms with Gasteiger partial charge in [-0.2, -0.15) is 0 Å². The van der Waals surface area contributed by atoms with E-state index in [2.05, 4.69) is 20.8 Å². The molecule has 84 valence electrons. The smallest absolute Gasteiger partial charge is 0.401 e. The molecule has 0 aliphatic rings. The van der Waals surface area contributed by atoms with Gasteiger partial charge in [-0.05, 0) is 23.1 Å². The van der Waals surface area contributed by atoms with Gasteiger partial charge in [-0.3, -0.25) is 10.1 Å². The van der Waals surface area contributed by atoms with Crippen molar-refractivity contribution in [1.82, 2.24) is 0 Å². The molecule has 0 spiro atoms. The molecule has 16 heavy (non-hydrogen) atoms. The molecule has 1 aromatic heterocycles. The molecule has 0 saturated carbocycles. The first-order valence-corrected chi connectivity index (χ1v) is 5.06. The molecular formula is C12H13NO3. The standard InChI is InChI=1S/C12H13NO3/c1-12(2,3)9-4-5-10-8(6-9)7-11(16-10)13(14)15/h4-7H,1-3H3. The van der Waals surface area contributed by atoms with E-state index < -0.39 is 4.92 Å². The Kier molecular flexibility index (Phi) is 2.22. The highest BCUT2D eigenvalue weighted by molar-refractivity contribution is 5.80. The summed E-state index contributed by atoms with van der Waals surface area (Å²) in [5, 5.41) is 11.3. The summed E-state index contributed by atoms with van der Waals surface area (Å²) in [6.07, 6.45) is 0. The molecule has 1 heterocycles. The SMILES string of the molecule is CC(C)(C)c1ccc2oc([N+](=O)[O-])cc2c1. The van der Waals surface area contributed by atoms with E-state index in [4.69, 9.17) is 4.42 Å². The highest BCUT2D eigenvalue weighted by atomic mass is 16.6. The van der Waals surface area contributed by atoms with Gasteiger partial charge in [0.15, 0.2) is 0 Å². The Balaban J connectivity index is 2.58. The predicted molar refractivity (Wildman–Crippen MR) is 61.6 cm³/mol. The van der Waals surface area contributed by atoms with Gasteiger partial charge >= 0.3 is 5.88 Å². The van der Waals surface area contributed by atoms with E-state index in [1.54, 1.807) is 6.07 Å². The van der Waals surface area contributed by atoms with Crippen LogP contribution in [0.25, 0.3) is 11.0 Å². The maximum Gasteiger partial charge on any atom is 0.434 e. The number of nitrogens with zero attached hydrogens (tertiary/aromatic N) is 1. The minimum Gasteiger partial charge on any atom is -0.401 e. The van der Waals surface area contributed by atoms with Crippen molar-refractivity contribution in [2.75, 3.05) is 0 Å². The summed E-state index contributed by atoms with van der Waals surface area (Å²) in [5.41, 5.74) is 1.72. The summed E-state index contributed by atoms with van der Waals surface area (Å²) < 4.78 is 5.10. The molecule has 4 heteroatoms. The Bertz CT molecular complexity index is 549. The van der Waals surface area contributed by atoms with Gasteiger partial charge in [0.05, 0.1) is 6.07 Å². The Morgan fingerprint density at radius 1 is 1.25 bits per heavy atom. The van der Waals surface area contributed by atoms with Crippen molar-refractivity contribution in [2.24, 2.45) is 0 Å². The maximum absolute atomic E-state index is 10.6. The summed E-state index contributed by atoms with van der Waals surface area (Å²) in [6.45, 7) is 6.30. The molecule has 2 aromatic rings. The zero-order chi connectivity index (χ0) is 11.9. The van der Waals surface area contributed by atoms with Gasteiger partial charge in [-0.25, -0.2) is 0 Å². The summed E-state index contributed by atoms with van der Waals surface area (Å²) in [7, 11) is 0. The molecule has 0 atom stereocenters. The number of fused-ring (bicyclic) bond motifs is 1. The second kappa shape index (κ2) is 3.33. The summed E-state index contributed by atoms with van der Waals surface area (Å²) in [5.74, 6) is -0.207. The van der Waals surface area contributed by atoms with Crippen LogP contribution in [0.2, 0.25) is 0 Å². The maximum atomic E-state index is 10.6. The van der Waals surface area contributed by atoms with Gasteiger partial charge in [-0.15, -0.1) is 0 Å². The fourth-order valence-electron chi connectivity index (χ4n) is 1.59. The molecule has 4 nitrogen and oxygen atoms in total. The predicted octanol–water partition coefficient (Wildman–Crippen LogP) is 3.64. The van der Waals surface area contributed by atoms with Gasteiger partial charge in [0.2, 0.25) is 0 Å². The number of furan rings is 1. The molecule has 0 bridgehead atoms. The van der Waals surface area contributed by atoms with Crippen LogP contribution in [0.4, 0.5) is 5.88 Å². The van der Waals surface area contributed by atoms with Crippen LogP contribution in [-0.4, -0.2) is 4.92 Å². The van der Waals surface area contributed by atoms with Crippen molar-refractivity contribution < 1.29 is 9.34 Å². The first-order chi connectivity index (χ1) is 7.38. The third kappa shape index (κ3) is 1.78. The normalized spacial score (nSPS) is 11.9. The van der Waals surface area contributed by atoms with E-state index in [9.17, 15) is 10.1 Å². The molecule has 0 fully saturated rings. The van der Waals surface area contributed by atoms with Crippen LogP contribution < -0.4 is 0 Å². The minimum absolute atomic E-state index is 0.0280. The lowest BCUT2D eigenvalue weighted by Gasteiger charge is -2.18. The Hall–Kier alpha value is -1.84. The topological polar surface area (TPSA) is 56.3 Å². The van der Waals surface area contributed by atoms with Crippen LogP contribution in [0.5, 0.6) is 0 Å². The molecule has 1 aromatic carbocycles. The third-order valence-electron chi connectivity index (χ3n) is 2.55. The summed E-state index contributed by atoms with van der Waals surface area (Å²) in [4.78, 5) is 10.0. The molecule has 0 radical (unpaired) electrons. The second-order valence-corrected chi connectivity index (χ2v) is 4.84. The largest absolute Gasteiger partial charge is 0.434 e. The highest BCUT2D eigenvalue weighted by Gasteiger charge is 2.17. The van der Waals surface area contributed by atoms with Gasteiger partial charge in [0, 0.05) is 5.39 Å². The number of nitro groups is 1. The summed E-state index contributed by atoms with van der Waals surface area (Å²) in [6, 6.07) is 7.12. The lowest BCUT2D eigenvalue weighted by molar-refractivity contribution is -0.401. The van der Waals surface area contributed by atoms with E-state index in [0.29, 0.717) is 5.58 Å². The van der Waals surface area contributed by atoms with Crippen LogP contribution in [0, 0.1) is 10.1 Å². The quantitative estimate of drug-likeness (QED) is 0.543. The van der Waals surface area contributed by atoms with Crippen LogP contribution in [-0.2, 0) is 5.41 Å². The average Bonchev–Trinajstić information content (AvgIpc) is 2.58. The molecule has 0 amide bonds. The van der Waals surface area contributed by atoms with E-state index in [1.165, 1.54) is 6.07 Å². The van der Waals surface area contributed by atoms with Crippen molar-refractivity contribution >= 4 is 16.9 Å². The van der Waals surface area contributed by atoms with E-state index in [-0.39, 0.29) is 11.3 Å². The van der Waals surface area contributed by atoms with Crippen LogP contribution in [0.1, 0.15) is 26.3 Å². The highest BCUT2D eigenvalue weighted by Crippen LogP contribution is 2.30. The first kappa shape index (κ1) is 10.7. The van der Waals surface area contributed by atoms with E-state index in [1.807, 2.05) is 12.1 Å². The zero-order valence-electron chi connectivity index (χ0n) is 9.48. The number of rotatable bonds is 1. The average molecular weight is 219 g/mol. The van der Waals surface area contributed by atoms with Crippen LogP contribution in [0.3, 0.4) is 0 Å². The molecule has 0 N–H and O–H groups in total. The van der Waals surface area contributed by atoms with Crippen molar-refractivity contribution in [3.05, 3.63) is 39.9 Å². The van der Waals surface area contributed by atoms with E-state index in [0.717, 1.165) is 10.9 Å². The third-order valence-corrected chi connectivity index (χ3v) is 2.55. The molecule has 0 aliphatic heterocycles. The molecular weight excluding hydrogens is 206 g/mol. The number of benzene rings is 1. The number of hydrogen-bond acceptors (Lipinski definition) is 3. The van der Waals surface area contributed by atoms with Gasteiger partial charge < -0.3 is 4.42 Å². The van der Waals surface area contributed by atoms with Crippen molar-refractivity contribution in [2.45, 2.75) is 26.2 Å². The fourth-order valence-corrected chi connectivity index (χ4v) is 1.59. The molecule has 2 rings (SSSR count). The minimum atomic E-state index is -0.517. The van der Waals surface area contributed by atoms with E-state index >= 15 is 0 Å². The second-order valence-electron chi connectivity index (χ2n) is 4.84.